The zero-order valence-corrected chi connectivity index (χ0v) is 46.0. The van der Waals surface area contributed by atoms with Gasteiger partial charge >= 0.3 is 18.3 Å². The summed E-state index contributed by atoms with van der Waals surface area (Å²) in [6.45, 7) is 10.2. The van der Waals surface area contributed by atoms with Crippen molar-refractivity contribution in [1.29, 1.82) is 0 Å². The van der Waals surface area contributed by atoms with E-state index in [9.17, 15) is 13.2 Å². The fourth-order valence-electron chi connectivity index (χ4n) is 11.4. The van der Waals surface area contributed by atoms with E-state index in [-0.39, 0.29) is 53.9 Å². The van der Waals surface area contributed by atoms with Crippen molar-refractivity contribution < 1.29 is 63.0 Å². The standard InChI is InChI=1S/C57H62F5N7O9S/c1-31-10-21-39(22-11-31)79(71,72)78-44-24-25-66(7)43(44)30-75-54-64-50-45-52(65-54)68-29-36-16-23-41(69(36)55(70)77-56(4,5)6)51(68)33(3)76-53(45)63-49(48(50)59)40-26-42(47(58)32(2)46(40)57(60,61)62)67(27-34-12-17-37(73-8)18-13-34)28-35-14-19-38(74-9)20-15-35/h10-15,17-22,26,33,36,41,43-44,51H,16,23-25,27-30H2,1-9H3/t33-,36+,41-,43-,44-,51+/m0/s1. The molecule has 4 aromatic carbocycles. The van der Waals surface area contributed by atoms with E-state index >= 15 is 22.0 Å². The van der Waals surface area contributed by atoms with Crippen LogP contribution in [0.25, 0.3) is 22.2 Å². The molecule has 4 aliphatic rings. The van der Waals surface area contributed by atoms with E-state index in [1.165, 1.54) is 26.4 Å². The molecule has 6 aromatic rings. The van der Waals surface area contributed by atoms with Crippen molar-refractivity contribution in [2.45, 2.75) is 127 Å². The number of likely N-dealkylation sites (N-methyl/N-ethyl adjacent to an activating group) is 1. The number of likely N-dealkylation sites (tertiary alicyclic amines) is 1. The molecule has 0 saturated carbocycles. The maximum atomic E-state index is 18.3. The maximum Gasteiger partial charge on any atom is 0.417 e. The number of carbonyl (C=O) groups excluding carboxylic acids is 1. The predicted octanol–water partition coefficient (Wildman–Crippen LogP) is 10.4. The van der Waals surface area contributed by atoms with Gasteiger partial charge in [-0.1, -0.05) is 42.0 Å². The van der Waals surface area contributed by atoms with E-state index in [1.807, 2.05) is 16.7 Å². The lowest BCUT2D eigenvalue weighted by molar-refractivity contribution is -0.137. The summed E-state index contributed by atoms with van der Waals surface area (Å²) in [5, 5.41) is -0.0651. The average Bonchev–Trinajstić information content (AvgIpc) is 4.11. The highest BCUT2D eigenvalue weighted by molar-refractivity contribution is 7.86. The summed E-state index contributed by atoms with van der Waals surface area (Å²) in [5.41, 5.74) is -3.32. The molecular formula is C57H62F5N7O9S. The number of piperazine rings is 1. The molecule has 3 fully saturated rings. The molecule has 79 heavy (non-hydrogen) atoms. The number of carbonyl (C=O) groups is 1. The highest BCUT2D eigenvalue weighted by Crippen LogP contribution is 2.50. The van der Waals surface area contributed by atoms with Crippen LogP contribution in [0.5, 0.6) is 23.4 Å². The zero-order valence-electron chi connectivity index (χ0n) is 45.2. The predicted molar refractivity (Wildman–Crippen MR) is 284 cm³/mol. The number of halogens is 5. The Hall–Kier alpha value is -7.04. The van der Waals surface area contributed by atoms with E-state index < -0.39 is 110 Å². The molecule has 0 radical (unpaired) electrons. The van der Waals surface area contributed by atoms with Gasteiger partial charge in [0.1, 0.15) is 58.0 Å². The average molecular weight is 1120 g/mol. The van der Waals surface area contributed by atoms with Crippen LogP contribution in [0.2, 0.25) is 0 Å². The Labute approximate surface area is 455 Å². The van der Waals surface area contributed by atoms with Crippen molar-refractivity contribution >= 4 is 38.6 Å². The molecule has 2 bridgehead atoms. The number of benzene rings is 4. The van der Waals surface area contributed by atoms with Crippen LogP contribution in [0.4, 0.5) is 38.3 Å². The van der Waals surface area contributed by atoms with Gasteiger partial charge in [-0.2, -0.15) is 31.6 Å². The van der Waals surface area contributed by atoms with Gasteiger partial charge in [-0.25, -0.2) is 18.6 Å². The Morgan fingerprint density at radius 1 is 0.848 bits per heavy atom. The summed E-state index contributed by atoms with van der Waals surface area (Å²) >= 11 is 0. The van der Waals surface area contributed by atoms with E-state index in [0.717, 1.165) is 18.6 Å². The van der Waals surface area contributed by atoms with E-state index in [4.69, 9.17) is 32.9 Å². The Bertz CT molecular complexity index is 3340. The van der Waals surface area contributed by atoms with Crippen LogP contribution in [0.15, 0.2) is 83.8 Å². The van der Waals surface area contributed by atoms with Crippen molar-refractivity contribution in [3.8, 4) is 34.6 Å². The van der Waals surface area contributed by atoms with E-state index in [2.05, 4.69) is 9.97 Å². The second-order valence-corrected chi connectivity index (χ2v) is 23.2. The Balaban J connectivity index is 1.12. The van der Waals surface area contributed by atoms with Crippen LogP contribution < -0.4 is 28.7 Å². The molecular weight excluding hydrogens is 1050 g/mol. The topological polar surface area (TPSA) is 158 Å². The number of amides is 1. The van der Waals surface area contributed by atoms with Crippen LogP contribution in [0.1, 0.15) is 74.8 Å². The summed E-state index contributed by atoms with van der Waals surface area (Å²) in [6.07, 6.45) is -6.11. The molecule has 2 aromatic heterocycles. The van der Waals surface area contributed by atoms with Gasteiger partial charge in [0.05, 0.1) is 60.6 Å². The number of methoxy groups -OCH3 is 2. The number of alkyl halides is 3. The van der Waals surface area contributed by atoms with Crippen molar-refractivity contribution in [2.24, 2.45) is 0 Å². The third-order valence-electron chi connectivity index (χ3n) is 15.2. The number of rotatable bonds is 14. The highest BCUT2D eigenvalue weighted by Gasteiger charge is 2.54. The fourth-order valence-corrected chi connectivity index (χ4v) is 12.5. The number of nitrogens with zero attached hydrogens (tertiary/aromatic N) is 7. The SMILES string of the molecule is COc1ccc(CN(Cc2ccc(OC)cc2)c2cc(-c3nc4c5c(nc(OC[C@H]6[C@@H](OS(=O)(=O)c7ccc(C)cc7)CCN6C)nc5c3F)N3C[C@H]5CC[C@@H]([C@H]3[C@H](C)O4)N5C(=O)OC(C)(C)C)c(C(F)(F)F)c(C)c2F)cc1. The van der Waals surface area contributed by atoms with Crippen molar-refractivity contribution in [1.82, 2.24) is 24.8 Å². The number of pyridine rings is 1. The van der Waals surface area contributed by atoms with Crippen molar-refractivity contribution in [2.75, 3.05) is 50.8 Å². The first kappa shape index (κ1) is 55.3. The summed E-state index contributed by atoms with van der Waals surface area (Å²) in [6, 6.07) is 18.4. The molecule has 22 heteroatoms. The monoisotopic (exact) mass is 1120 g/mol. The van der Waals surface area contributed by atoms with Gasteiger partial charge in [-0.05, 0) is 127 Å². The van der Waals surface area contributed by atoms with Gasteiger partial charge in [0.2, 0.25) is 5.88 Å². The van der Waals surface area contributed by atoms with Crippen molar-refractivity contribution in [3.63, 3.8) is 0 Å². The molecule has 10 rings (SSSR count). The number of fused-ring (bicyclic) bond motifs is 5. The molecule has 0 N–H and O–H groups in total. The molecule has 0 spiro atoms. The first-order valence-electron chi connectivity index (χ1n) is 26.0. The Morgan fingerprint density at radius 2 is 1.48 bits per heavy atom. The van der Waals surface area contributed by atoms with Crippen molar-refractivity contribution in [3.05, 3.63) is 118 Å². The molecule has 4 aliphatic heterocycles. The Morgan fingerprint density at radius 3 is 2.08 bits per heavy atom. The first-order chi connectivity index (χ1) is 37.4. The molecule has 0 aliphatic carbocycles. The smallest absolute Gasteiger partial charge is 0.417 e. The van der Waals surface area contributed by atoms with Gasteiger partial charge in [-0.15, -0.1) is 0 Å². The van der Waals surface area contributed by atoms with E-state index in [1.54, 1.807) is 105 Å². The number of aryl methyl sites for hydroxylation is 1. The Kier molecular flexibility index (Phi) is 14.8. The third kappa shape index (κ3) is 10.9. The van der Waals surface area contributed by atoms with Gasteiger partial charge in [0.25, 0.3) is 10.1 Å². The van der Waals surface area contributed by atoms with Gasteiger partial charge < -0.3 is 33.5 Å². The van der Waals surface area contributed by atoms with Crippen LogP contribution in [0.3, 0.4) is 0 Å². The summed E-state index contributed by atoms with van der Waals surface area (Å²) in [4.78, 5) is 35.0. The second-order valence-electron chi connectivity index (χ2n) is 21.6. The normalized spacial score (nSPS) is 21.1. The quantitative estimate of drug-likeness (QED) is 0.0749. The molecule has 16 nitrogen and oxygen atoms in total. The van der Waals surface area contributed by atoms with Gasteiger partial charge in [-0.3, -0.25) is 14.0 Å². The number of hydrogen-bond donors (Lipinski definition) is 0. The molecule has 1 amide bonds. The van der Waals surface area contributed by atoms with Crippen LogP contribution >= 0.6 is 0 Å². The third-order valence-corrected chi connectivity index (χ3v) is 16.6. The lowest BCUT2D eigenvalue weighted by Crippen LogP contribution is -2.65. The minimum Gasteiger partial charge on any atom is -0.497 e. The summed E-state index contributed by atoms with van der Waals surface area (Å²) < 4.78 is 145. The largest absolute Gasteiger partial charge is 0.497 e. The first-order valence-corrected chi connectivity index (χ1v) is 27.4. The minimum atomic E-state index is -5.24. The molecule has 6 heterocycles. The second kappa shape index (κ2) is 21.2. The van der Waals surface area contributed by atoms with Crippen LogP contribution in [-0.2, 0) is 38.3 Å². The van der Waals surface area contributed by atoms with Gasteiger partial charge in [0, 0.05) is 31.7 Å². The number of aromatic nitrogens is 3. The van der Waals surface area contributed by atoms with Crippen LogP contribution in [-0.4, -0.2) is 122 Å². The zero-order chi connectivity index (χ0) is 56.5. The number of ether oxygens (including phenoxy) is 5. The molecule has 3 saturated heterocycles. The molecule has 0 unspecified atom stereocenters. The van der Waals surface area contributed by atoms with Crippen LogP contribution in [0, 0.1) is 25.5 Å². The lowest BCUT2D eigenvalue weighted by Gasteiger charge is -2.48. The maximum absolute atomic E-state index is 18.3. The summed E-state index contributed by atoms with van der Waals surface area (Å²) in [7, 11) is 0.554. The fraction of sp³-hybridized carbons (Fsp3) is 0.439. The lowest BCUT2D eigenvalue weighted by atomic mass is 9.95. The van der Waals surface area contributed by atoms with Gasteiger partial charge in [0.15, 0.2) is 5.82 Å². The number of anilines is 2. The number of hydrogen-bond acceptors (Lipinski definition) is 15. The summed E-state index contributed by atoms with van der Waals surface area (Å²) in [5.74, 6) is -1.60. The molecule has 420 valence electrons. The molecule has 6 atom stereocenters. The minimum absolute atomic E-state index is 0.00631. The van der Waals surface area contributed by atoms with E-state index in [0.29, 0.717) is 48.4 Å². The highest BCUT2D eigenvalue weighted by atomic mass is 32.2.